The molecule has 0 aliphatic carbocycles. The van der Waals surface area contributed by atoms with Crippen molar-refractivity contribution < 1.29 is 4.74 Å². The van der Waals surface area contributed by atoms with Crippen molar-refractivity contribution in [2.75, 3.05) is 19.0 Å². The maximum atomic E-state index is 8.98. The van der Waals surface area contributed by atoms with Gasteiger partial charge >= 0.3 is 0 Å². The predicted molar refractivity (Wildman–Crippen MR) is 76.3 cm³/mol. The zero-order valence-corrected chi connectivity index (χ0v) is 11.1. The van der Waals surface area contributed by atoms with Crippen LogP contribution in [0.5, 0.6) is 5.75 Å². The average Bonchev–Trinajstić information content (AvgIpc) is 2.45. The van der Waals surface area contributed by atoms with Crippen LogP contribution in [0.4, 0.5) is 5.69 Å². The minimum atomic E-state index is 0.465. The standard InChI is InChI=1S/C16H16N2O/c1-18(2)15-9-7-13(8-10-15)12-19-16-6-4-3-5-14(16)11-17/h3-10H,12H2,1-2H3. The van der Waals surface area contributed by atoms with Gasteiger partial charge in [0.2, 0.25) is 0 Å². The van der Waals surface area contributed by atoms with E-state index >= 15 is 0 Å². The molecule has 3 nitrogen and oxygen atoms in total. The molecule has 2 aromatic carbocycles. The number of hydrogen-bond acceptors (Lipinski definition) is 3. The molecule has 19 heavy (non-hydrogen) atoms. The van der Waals surface area contributed by atoms with Crippen molar-refractivity contribution in [2.45, 2.75) is 6.61 Å². The Balaban J connectivity index is 2.04. The largest absolute Gasteiger partial charge is 0.488 e. The number of hydrogen-bond donors (Lipinski definition) is 0. The first-order valence-electron chi connectivity index (χ1n) is 6.09. The summed E-state index contributed by atoms with van der Waals surface area (Å²) in [6, 6.07) is 17.6. The summed E-state index contributed by atoms with van der Waals surface area (Å²) in [5.41, 5.74) is 2.80. The van der Waals surface area contributed by atoms with E-state index in [-0.39, 0.29) is 0 Å². The molecule has 2 aromatic rings. The topological polar surface area (TPSA) is 36.3 Å². The second-order valence-corrected chi connectivity index (χ2v) is 4.46. The number of para-hydroxylation sites is 1. The van der Waals surface area contributed by atoms with E-state index in [1.165, 1.54) is 0 Å². The molecule has 0 fully saturated rings. The van der Waals surface area contributed by atoms with E-state index in [4.69, 9.17) is 10.00 Å². The van der Waals surface area contributed by atoms with Crippen LogP contribution in [0.3, 0.4) is 0 Å². The first kappa shape index (κ1) is 13.0. The summed E-state index contributed by atoms with van der Waals surface area (Å²) in [6.45, 7) is 0.465. The van der Waals surface area contributed by atoms with Gasteiger partial charge in [-0.15, -0.1) is 0 Å². The van der Waals surface area contributed by atoms with Crippen molar-refractivity contribution >= 4 is 5.69 Å². The van der Waals surface area contributed by atoms with Crippen LogP contribution in [-0.2, 0) is 6.61 Å². The molecule has 0 bridgehead atoms. The summed E-state index contributed by atoms with van der Waals surface area (Å²) in [5.74, 6) is 0.627. The van der Waals surface area contributed by atoms with Crippen molar-refractivity contribution in [3.05, 3.63) is 59.7 Å². The van der Waals surface area contributed by atoms with Gasteiger partial charge < -0.3 is 9.64 Å². The molecule has 0 N–H and O–H groups in total. The lowest BCUT2D eigenvalue weighted by Gasteiger charge is -2.13. The van der Waals surface area contributed by atoms with Crippen LogP contribution < -0.4 is 9.64 Å². The first-order valence-corrected chi connectivity index (χ1v) is 6.09. The lowest BCUT2D eigenvalue weighted by atomic mass is 10.2. The molecule has 96 valence electrons. The smallest absolute Gasteiger partial charge is 0.137 e. The number of benzene rings is 2. The SMILES string of the molecule is CN(C)c1ccc(COc2ccccc2C#N)cc1. The zero-order chi connectivity index (χ0) is 13.7. The summed E-state index contributed by atoms with van der Waals surface area (Å²) in [4.78, 5) is 2.05. The molecule has 3 heteroatoms. The van der Waals surface area contributed by atoms with Crippen molar-refractivity contribution in [3.63, 3.8) is 0 Å². The van der Waals surface area contributed by atoms with Gasteiger partial charge in [0, 0.05) is 19.8 Å². The molecule has 0 aliphatic heterocycles. The number of nitrogens with zero attached hydrogens (tertiary/aromatic N) is 2. The molecule has 0 saturated carbocycles. The number of anilines is 1. The highest BCUT2D eigenvalue weighted by Gasteiger charge is 2.02. The molecule has 0 unspecified atom stereocenters. The highest BCUT2D eigenvalue weighted by molar-refractivity contribution is 5.46. The maximum absolute atomic E-state index is 8.98. The summed E-state index contributed by atoms with van der Waals surface area (Å²) < 4.78 is 5.68. The molecule has 2 rings (SSSR count). The minimum absolute atomic E-state index is 0.465. The van der Waals surface area contributed by atoms with Crippen LogP contribution in [0.15, 0.2) is 48.5 Å². The predicted octanol–water partition coefficient (Wildman–Crippen LogP) is 3.20. The van der Waals surface area contributed by atoms with Crippen molar-refractivity contribution in [2.24, 2.45) is 0 Å². The monoisotopic (exact) mass is 252 g/mol. The molecular weight excluding hydrogens is 236 g/mol. The average molecular weight is 252 g/mol. The Morgan fingerprint density at radius 1 is 1.05 bits per heavy atom. The molecule has 0 saturated heterocycles. The second-order valence-electron chi connectivity index (χ2n) is 4.46. The fourth-order valence-corrected chi connectivity index (χ4v) is 1.74. The van der Waals surface area contributed by atoms with Gasteiger partial charge in [-0.1, -0.05) is 24.3 Å². The Hall–Kier alpha value is -2.47. The summed E-state index contributed by atoms with van der Waals surface area (Å²) in [6.07, 6.45) is 0. The number of rotatable bonds is 4. The quantitative estimate of drug-likeness (QED) is 0.838. The Labute approximate surface area is 113 Å². The number of nitriles is 1. The lowest BCUT2D eigenvalue weighted by molar-refractivity contribution is 0.305. The van der Waals surface area contributed by atoms with E-state index in [9.17, 15) is 0 Å². The molecule has 0 radical (unpaired) electrons. The normalized spacial score (nSPS) is 9.74. The van der Waals surface area contributed by atoms with Gasteiger partial charge in [0.1, 0.15) is 18.4 Å². The molecule has 0 heterocycles. The molecule has 0 amide bonds. The van der Waals surface area contributed by atoms with Gasteiger partial charge in [-0.3, -0.25) is 0 Å². The lowest BCUT2D eigenvalue weighted by Crippen LogP contribution is -2.08. The number of ether oxygens (including phenoxy) is 1. The van der Waals surface area contributed by atoms with E-state index in [1.807, 2.05) is 44.4 Å². The molecule has 0 atom stereocenters. The third kappa shape index (κ3) is 3.26. The maximum Gasteiger partial charge on any atom is 0.137 e. The van der Waals surface area contributed by atoms with E-state index < -0.39 is 0 Å². The summed E-state index contributed by atoms with van der Waals surface area (Å²) in [7, 11) is 4.02. The van der Waals surface area contributed by atoms with Crippen LogP contribution in [-0.4, -0.2) is 14.1 Å². The molecule has 0 aliphatic rings. The Bertz CT molecular complexity index is 582. The molecule has 0 aromatic heterocycles. The van der Waals surface area contributed by atoms with Crippen molar-refractivity contribution in [1.82, 2.24) is 0 Å². The summed E-state index contributed by atoms with van der Waals surface area (Å²) in [5, 5.41) is 8.98. The third-order valence-corrected chi connectivity index (χ3v) is 2.85. The fraction of sp³-hybridized carbons (Fsp3) is 0.188. The Morgan fingerprint density at radius 3 is 2.37 bits per heavy atom. The van der Waals surface area contributed by atoms with E-state index in [2.05, 4.69) is 23.1 Å². The van der Waals surface area contributed by atoms with Crippen molar-refractivity contribution in [3.8, 4) is 11.8 Å². The van der Waals surface area contributed by atoms with Gasteiger partial charge in [-0.2, -0.15) is 5.26 Å². The summed E-state index contributed by atoms with van der Waals surface area (Å²) >= 11 is 0. The van der Waals surface area contributed by atoms with Crippen LogP contribution in [0.1, 0.15) is 11.1 Å². The third-order valence-electron chi connectivity index (χ3n) is 2.85. The van der Waals surface area contributed by atoms with Crippen LogP contribution >= 0.6 is 0 Å². The highest BCUT2D eigenvalue weighted by Crippen LogP contribution is 2.19. The molecule has 0 spiro atoms. The Kier molecular flexibility index (Phi) is 4.04. The fourth-order valence-electron chi connectivity index (χ4n) is 1.74. The van der Waals surface area contributed by atoms with Gasteiger partial charge in [-0.25, -0.2) is 0 Å². The van der Waals surface area contributed by atoms with Crippen LogP contribution in [0.2, 0.25) is 0 Å². The van der Waals surface area contributed by atoms with Gasteiger partial charge in [-0.05, 0) is 29.8 Å². The molecular formula is C16H16N2O. The Morgan fingerprint density at radius 2 is 1.74 bits per heavy atom. The van der Waals surface area contributed by atoms with Crippen molar-refractivity contribution in [1.29, 1.82) is 5.26 Å². The van der Waals surface area contributed by atoms with Gasteiger partial charge in [0.05, 0.1) is 5.56 Å². The zero-order valence-electron chi connectivity index (χ0n) is 11.1. The van der Waals surface area contributed by atoms with E-state index in [1.54, 1.807) is 6.07 Å². The minimum Gasteiger partial charge on any atom is -0.488 e. The van der Waals surface area contributed by atoms with Crippen LogP contribution in [0.25, 0.3) is 0 Å². The van der Waals surface area contributed by atoms with Crippen LogP contribution in [0, 0.1) is 11.3 Å². The van der Waals surface area contributed by atoms with Gasteiger partial charge in [0.15, 0.2) is 0 Å². The van der Waals surface area contributed by atoms with E-state index in [0.29, 0.717) is 17.9 Å². The first-order chi connectivity index (χ1) is 9.20. The van der Waals surface area contributed by atoms with Gasteiger partial charge in [0.25, 0.3) is 0 Å². The second kappa shape index (κ2) is 5.92. The van der Waals surface area contributed by atoms with E-state index in [0.717, 1.165) is 11.3 Å². The highest BCUT2D eigenvalue weighted by atomic mass is 16.5.